The molecule has 5 heteroatoms. The van der Waals surface area contributed by atoms with Crippen molar-refractivity contribution in [2.24, 2.45) is 5.92 Å². The van der Waals surface area contributed by atoms with Crippen LogP contribution in [0.1, 0.15) is 31.7 Å². The first kappa shape index (κ1) is 15.0. The highest BCUT2D eigenvalue weighted by molar-refractivity contribution is 7.89. The maximum atomic E-state index is 12.6. The molecule has 0 saturated carbocycles. The summed E-state index contributed by atoms with van der Waals surface area (Å²) in [5.74, 6) is 0.469. The third-order valence-corrected chi connectivity index (χ3v) is 5.78. The molecule has 1 unspecified atom stereocenters. The van der Waals surface area contributed by atoms with Gasteiger partial charge in [-0.3, -0.25) is 0 Å². The summed E-state index contributed by atoms with van der Waals surface area (Å²) in [5.41, 5.74) is 0.844. The molecule has 1 saturated heterocycles. The number of nitriles is 1. The number of benzene rings is 1. The van der Waals surface area contributed by atoms with Crippen molar-refractivity contribution >= 4 is 10.0 Å². The molecular weight excluding hydrogens is 272 g/mol. The summed E-state index contributed by atoms with van der Waals surface area (Å²) in [5, 5.41) is 8.63. The van der Waals surface area contributed by atoms with E-state index in [2.05, 4.69) is 13.0 Å². The first-order valence-electron chi connectivity index (χ1n) is 7.04. The van der Waals surface area contributed by atoms with Crippen LogP contribution in [0.5, 0.6) is 0 Å². The van der Waals surface area contributed by atoms with Crippen molar-refractivity contribution in [3.63, 3.8) is 0 Å². The average molecular weight is 292 g/mol. The summed E-state index contributed by atoms with van der Waals surface area (Å²) < 4.78 is 26.8. The van der Waals surface area contributed by atoms with Crippen molar-refractivity contribution in [2.45, 2.75) is 37.5 Å². The second-order valence-electron chi connectivity index (χ2n) is 5.26. The monoisotopic (exact) mass is 292 g/mol. The zero-order valence-corrected chi connectivity index (χ0v) is 12.6. The van der Waals surface area contributed by atoms with E-state index >= 15 is 0 Å². The van der Waals surface area contributed by atoms with Crippen molar-refractivity contribution in [1.29, 1.82) is 5.26 Å². The van der Waals surface area contributed by atoms with E-state index in [1.807, 2.05) is 0 Å². The summed E-state index contributed by atoms with van der Waals surface area (Å²) >= 11 is 0. The lowest BCUT2D eigenvalue weighted by molar-refractivity contribution is 0.261. The third kappa shape index (κ3) is 3.20. The molecule has 20 heavy (non-hydrogen) atoms. The van der Waals surface area contributed by atoms with Gasteiger partial charge in [-0.2, -0.15) is 9.57 Å². The van der Waals surface area contributed by atoms with Gasteiger partial charge < -0.3 is 0 Å². The zero-order chi connectivity index (χ0) is 14.6. The van der Waals surface area contributed by atoms with Gasteiger partial charge >= 0.3 is 0 Å². The lowest BCUT2D eigenvalue weighted by Crippen LogP contribution is -2.39. The Bertz CT molecular complexity index is 587. The van der Waals surface area contributed by atoms with E-state index in [0.717, 1.165) is 24.8 Å². The molecule has 0 amide bonds. The predicted octanol–water partition coefficient (Wildman–Crippen LogP) is 2.56. The molecule has 1 aliphatic rings. The Kier molecular flexibility index (Phi) is 4.79. The van der Waals surface area contributed by atoms with Crippen LogP contribution in [0, 0.1) is 17.2 Å². The van der Waals surface area contributed by atoms with E-state index in [4.69, 9.17) is 5.26 Å². The third-order valence-electron chi connectivity index (χ3n) is 3.90. The lowest BCUT2D eigenvalue weighted by Gasteiger charge is -2.31. The van der Waals surface area contributed by atoms with Crippen LogP contribution < -0.4 is 0 Å². The molecular formula is C15H20N2O2S. The normalized spacial score (nSPS) is 20.5. The summed E-state index contributed by atoms with van der Waals surface area (Å²) in [6, 6.07) is 8.72. The number of hydrogen-bond acceptors (Lipinski definition) is 3. The molecule has 1 heterocycles. The number of sulfonamides is 1. The Labute approximate surface area is 121 Å². The average Bonchev–Trinajstić information content (AvgIpc) is 2.48. The van der Waals surface area contributed by atoms with Crippen LogP contribution in [0.15, 0.2) is 29.2 Å². The highest BCUT2D eigenvalue weighted by Crippen LogP contribution is 2.25. The number of rotatable bonds is 4. The fraction of sp³-hybridized carbons (Fsp3) is 0.533. The van der Waals surface area contributed by atoms with E-state index < -0.39 is 10.0 Å². The van der Waals surface area contributed by atoms with Crippen molar-refractivity contribution in [2.75, 3.05) is 13.1 Å². The minimum atomic E-state index is -3.39. The topological polar surface area (TPSA) is 61.2 Å². The van der Waals surface area contributed by atoms with E-state index in [1.165, 1.54) is 0 Å². The van der Waals surface area contributed by atoms with Crippen molar-refractivity contribution in [3.8, 4) is 6.07 Å². The molecule has 1 aromatic carbocycles. The summed E-state index contributed by atoms with van der Waals surface area (Å²) in [7, 11) is -3.39. The molecule has 1 fully saturated rings. The number of hydrogen-bond donors (Lipinski definition) is 0. The van der Waals surface area contributed by atoms with Crippen molar-refractivity contribution in [1.82, 2.24) is 4.31 Å². The first-order valence-corrected chi connectivity index (χ1v) is 8.48. The minimum absolute atomic E-state index is 0.307. The van der Waals surface area contributed by atoms with Crippen LogP contribution in [-0.4, -0.2) is 25.8 Å². The van der Waals surface area contributed by atoms with Gasteiger partial charge in [0.25, 0.3) is 0 Å². The second-order valence-corrected chi connectivity index (χ2v) is 7.20. The summed E-state index contributed by atoms with van der Waals surface area (Å²) in [4.78, 5) is 0.330. The fourth-order valence-corrected chi connectivity index (χ4v) is 4.15. The lowest BCUT2D eigenvalue weighted by atomic mass is 9.97. The highest BCUT2D eigenvalue weighted by atomic mass is 32.2. The van der Waals surface area contributed by atoms with Crippen molar-refractivity contribution in [3.05, 3.63) is 29.8 Å². The van der Waals surface area contributed by atoms with Crippen LogP contribution in [-0.2, 0) is 16.4 Å². The van der Waals surface area contributed by atoms with Gasteiger partial charge in [0.15, 0.2) is 0 Å². The summed E-state index contributed by atoms with van der Waals surface area (Å²) in [6.07, 6.45) is 3.38. The van der Waals surface area contributed by atoms with Gasteiger partial charge in [0, 0.05) is 13.1 Å². The van der Waals surface area contributed by atoms with Gasteiger partial charge in [0.2, 0.25) is 10.0 Å². The number of piperidine rings is 1. The van der Waals surface area contributed by atoms with Crippen LogP contribution in [0.3, 0.4) is 0 Å². The second kappa shape index (κ2) is 6.38. The molecule has 0 spiro atoms. The first-order chi connectivity index (χ1) is 9.57. The van der Waals surface area contributed by atoms with E-state index in [9.17, 15) is 8.42 Å². The van der Waals surface area contributed by atoms with Gasteiger partial charge in [-0.25, -0.2) is 8.42 Å². The predicted molar refractivity (Wildman–Crippen MR) is 77.5 cm³/mol. The Balaban J connectivity index is 2.19. The minimum Gasteiger partial charge on any atom is -0.207 e. The Morgan fingerprint density at radius 2 is 2.05 bits per heavy atom. The van der Waals surface area contributed by atoms with Crippen molar-refractivity contribution < 1.29 is 8.42 Å². The largest absolute Gasteiger partial charge is 0.243 e. The zero-order valence-electron chi connectivity index (χ0n) is 11.7. The SMILES string of the molecule is CCC1CCCN(S(=O)(=O)c2ccc(CC#N)cc2)C1. The molecule has 0 bridgehead atoms. The van der Waals surface area contributed by atoms with E-state index in [1.54, 1.807) is 28.6 Å². The maximum Gasteiger partial charge on any atom is 0.243 e. The molecule has 0 radical (unpaired) electrons. The Morgan fingerprint density at radius 1 is 1.35 bits per heavy atom. The fourth-order valence-electron chi connectivity index (χ4n) is 2.60. The van der Waals surface area contributed by atoms with Gasteiger partial charge in [0.1, 0.15) is 0 Å². The molecule has 4 nitrogen and oxygen atoms in total. The molecule has 0 N–H and O–H groups in total. The molecule has 0 aromatic heterocycles. The van der Waals surface area contributed by atoms with Crippen LogP contribution in [0.2, 0.25) is 0 Å². The smallest absolute Gasteiger partial charge is 0.207 e. The summed E-state index contributed by atoms with van der Waals surface area (Å²) in [6.45, 7) is 3.34. The molecule has 0 aliphatic carbocycles. The van der Waals surface area contributed by atoms with Crippen LogP contribution >= 0.6 is 0 Å². The maximum absolute atomic E-state index is 12.6. The van der Waals surface area contributed by atoms with Gasteiger partial charge in [-0.15, -0.1) is 0 Å². The standard InChI is InChI=1S/C15H20N2O2S/c1-2-13-4-3-11-17(12-13)20(18,19)15-7-5-14(6-8-15)9-10-16/h5-8,13H,2-4,9,11-12H2,1H3. The number of nitrogens with zero attached hydrogens (tertiary/aromatic N) is 2. The van der Waals surface area contributed by atoms with Gasteiger partial charge in [-0.05, 0) is 36.5 Å². The Morgan fingerprint density at radius 3 is 2.65 bits per heavy atom. The molecule has 1 atom stereocenters. The molecule has 1 aliphatic heterocycles. The van der Waals surface area contributed by atoms with Crippen LogP contribution in [0.25, 0.3) is 0 Å². The molecule has 108 valence electrons. The van der Waals surface area contributed by atoms with Crippen LogP contribution in [0.4, 0.5) is 0 Å². The van der Waals surface area contributed by atoms with Gasteiger partial charge in [-0.1, -0.05) is 25.5 Å². The quantitative estimate of drug-likeness (QED) is 0.857. The van der Waals surface area contributed by atoms with Gasteiger partial charge in [0.05, 0.1) is 17.4 Å². The Hall–Kier alpha value is -1.38. The molecule has 1 aromatic rings. The van der Waals surface area contributed by atoms with E-state index in [0.29, 0.717) is 30.3 Å². The van der Waals surface area contributed by atoms with E-state index in [-0.39, 0.29) is 0 Å². The highest BCUT2D eigenvalue weighted by Gasteiger charge is 2.29. The molecule has 2 rings (SSSR count).